The standard InChI is InChI=1S/C28H37N3O7/c1-8-18-19(21-14-15-30-31(21)22-11-9-10-16-36-22)12-13-20(23(18)24(32)35-7)29-17-28(5,6)38-26(34)25(33)37-27(2,3)4/h8,12-15,22,29H,1,9-11,16-17H2,2-7H3. The molecule has 2 aromatic rings. The Bertz CT molecular complexity index is 1190. The van der Waals surface area contributed by atoms with E-state index in [1.807, 2.05) is 16.8 Å². The van der Waals surface area contributed by atoms with E-state index in [2.05, 4.69) is 17.0 Å². The van der Waals surface area contributed by atoms with Crippen LogP contribution >= 0.6 is 0 Å². The minimum atomic E-state index is -1.11. The van der Waals surface area contributed by atoms with Crippen molar-refractivity contribution in [2.75, 3.05) is 25.6 Å². The summed E-state index contributed by atoms with van der Waals surface area (Å²) in [5.74, 6) is -2.73. The Morgan fingerprint density at radius 1 is 1.13 bits per heavy atom. The molecule has 1 N–H and O–H groups in total. The molecule has 1 atom stereocenters. The molecule has 0 radical (unpaired) electrons. The lowest BCUT2D eigenvalue weighted by Gasteiger charge is -2.28. The second-order valence-corrected chi connectivity index (χ2v) is 10.6. The second kappa shape index (κ2) is 11.8. The van der Waals surface area contributed by atoms with Crippen molar-refractivity contribution >= 4 is 29.7 Å². The lowest BCUT2D eigenvalue weighted by atomic mass is 9.96. The second-order valence-electron chi connectivity index (χ2n) is 10.6. The number of anilines is 1. The van der Waals surface area contributed by atoms with Crippen molar-refractivity contribution in [2.24, 2.45) is 0 Å². The third-order valence-electron chi connectivity index (χ3n) is 5.85. The minimum Gasteiger partial charge on any atom is -0.465 e. The fraction of sp³-hybridized carbons (Fsp3) is 0.500. The molecule has 1 unspecified atom stereocenters. The molecular weight excluding hydrogens is 490 g/mol. The Kier molecular flexibility index (Phi) is 8.98. The molecule has 0 aliphatic carbocycles. The van der Waals surface area contributed by atoms with Crippen LogP contribution in [0.25, 0.3) is 17.3 Å². The number of nitrogens with one attached hydrogen (secondary N) is 1. The van der Waals surface area contributed by atoms with Gasteiger partial charge in [0.25, 0.3) is 0 Å². The lowest BCUT2D eigenvalue weighted by molar-refractivity contribution is -0.181. The highest BCUT2D eigenvalue weighted by atomic mass is 16.6. The van der Waals surface area contributed by atoms with Crippen molar-refractivity contribution in [1.82, 2.24) is 9.78 Å². The molecule has 1 aromatic heterocycles. The van der Waals surface area contributed by atoms with Crippen LogP contribution in [0.2, 0.25) is 0 Å². The number of methoxy groups -OCH3 is 1. The van der Waals surface area contributed by atoms with Gasteiger partial charge in [-0.05, 0) is 71.6 Å². The summed E-state index contributed by atoms with van der Waals surface area (Å²) in [7, 11) is 1.30. The first-order chi connectivity index (χ1) is 17.9. The molecular formula is C28H37N3O7. The number of hydrogen-bond acceptors (Lipinski definition) is 9. The van der Waals surface area contributed by atoms with E-state index in [-0.39, 0.29) is 18.3 Å². The number of esters is 3. The fourth-order valence-corrected chi connectivity index (χ4v) is 4.15. The number of hydrogen-bond donors (Lipinski definition) is 1. The Morgan fingerprint density at radius 2 is 1.84 bits per heavy atom. The van der Waals surface area contributed by atoms with Crippen LogP contribution in [0.1, 0.15) is 76.0 Å². The predicted molar refractivity (Wildman–Crippen MR) is 142 cm³/mol. The van der Waals surface area contributed by atoms with Gasteiger partial charge in [0.15, 0.2) is 6.23 Å². The molecule has 1 aromatic carbocycles. The molecule has 3 rings (SSSR count). The summed E-state index contributed by atoms with van der Waals surface area (Å²) in [4.78, 5) is 37.3. The maximum atomic E-state index is 12.9. The molecule has 0 amide bonds. The van der Waals surface area contributed by atoms with Crippen LogP contribution < -0.4 is 5.32 Å². The average Bonchev–Trinajstić information content (AvgIpc) is 3.35. The molecule has 10 nitrogen and oxygen atoms in total. The van der Waals surface area contributed by atoms with Crippen LogP contribution in [-0.4, -0.2) is 59.2 Å². The van der Waals surface area contributed by atoms with Gasteiger partial charge in [-0.1, -0.05) is 18.7 Å². The van der Waals surface area contributed by atoms with Crippen molar-refractivity contribution in [2.45, 2.75) is 71.3 Å². The zero-order valence-electron chi connectivity index (χ0n) is 23.0. The number of aromatic nitrogens is 2. The quantitative estimate of drug-likeness (QED) is 0.295. The molecule has 0 saturated carbocycles. The Balaban J connectivity index is 1.88. The van der Waals surface area contributed by atoms with Crippen molar-refractivity contribution in [3.05, 3.63) is 42.1 Å². The molecule has 1 aliphatic rings. The smallest absolute Gasteiger partial charge is 0.418 e. The third kappa shape index (κ3) is 7.00. The molecule has 1 fully saturated rings. The summed E-state index contributed by atoms with van der Waals surface area (Å²) in [5.41, 5.74) is 0.885. The maximum Gasteiger partial charge on any atom is 0.418 e. The molecule has 10 heteroatoms. The van der Waals surface area contributed by atoms with Gasteiger partial charge in [-0.25, -0.2) is 19.1 Å². The third-order valence-corrected chi connectivity index (χ3v) is 5.85. The molecule has 1 saturated heterocycles. The van der Waals surface area contributed by atoms with Crippen LogP contribution in [-0.2, 0) is 28.5 Å². The molecule has 0 bridgehead atoms. The van der Waals surface area contributed by atoms with Gasteiger partial charge in [0, 0.05) is 24.1 Å². The van der Waals surface area contributed by atoms with E-state index >= 15 is 0 Å². The van der Waals surface area contributed by atoms with E-state index in [0.717, 1.165) is 30.5 Å². The van der Waals surface area contributed by atoms with E-state index in [0.29, 0.717) is 17.9 Å². The van der Waals surface area contributed by atoms with E-state index in [1.54, 1.807) is 53.0 Å². The summed E-state index contributed by atoms with van der Waals surface area (Å²) in [6, 6.07) is 5.48. The van der Waals surface area contributed by atoms with E-state index in [9.17, 15) is 14.4 Å². The van der Waals surface area contributed by atoms with Crippen LogP contribution in [0, 0.1) is 0 Å². The van der Waals surface area contributed by atoms with Gasteiger partial charge < -0.3 is 24.3 Å². The molecule has 38 heavy (non-hydrogen) atoms. The summed E-state index contributed by atoms with van der Waals surface area (Å²) >= 11 is 0. The highest BCUT2D eigenvalue weighted by Crippen LogP contribution is 2.35. The number of ether oxygens (including phenoxy) is 4. The summed E-state index contributed by atoms with van der Waals surface area (Å²) in [6.07, 6.45) is 6.01. The highest BCUT2D eigenvalue weighted by Gasteiger charge is 2.31. The first-order valence-electron chi connectivity index (χ1n) is 12.6. The van der Waals surface area contributed by atoms with Crippen molar-refractivity contribution < 1.29 is 33.3 Å². The van der Waals surface area contributed by atoms with Crippen molar-refractivity contribution in [3.63, 3.8) is 0 Å². The van der Waals surface area contributed by atoms with Gasteiger partial charge in [-0.3, -0.25) is 0 Å². The lowest BCUT2D eigenvalue weighted by Crippen LogP contribution is -2.40. The average molecular weight is 528 g/mol. The van der Waals surface area contributed by atoms with Crippen LogP contribution in [0.4, 0.5) is 5.69 Å². The van der Waals surface area contributed by atoms with Crippen molar-refractivity contribution in [3.8, 4) is 11.3 Å². The van der Waals surface area contributed by atoms with Gasteiger partial charge in [-0.2, -0.15) is 5.10 Å². The summed E-state index contributed by atoms with van der Waals surface area (Å²) in [5, 5.41) is 7.64. The SMILES string of the molecule is C=Cc1c(-c2ccnn2C2CCCCO2)ccc(NCC(C)(C)OC(=O)C(=O)OC(C)(C)C)c1C(=O)OC. The topological polar surface area (TPSA) is 118 Å². The fourth-order valence-electron chi connectivity index (χ4n) is 4.15. The van der Waals surface area contributed by atoms with E-state index < -0.39 is 29.1 Å². The number of benzene rings is 1. The van der Waals surface area contributed by atoms with E-state index in [4.69, 9.17) is 18.9 Å². The maximum absolute atomic E-state index is 12.9. The van der Waals surface area contributed by atoms with Gasteiger partial charge in [0.2, 0.25) is 0 Å². The molecule has 1 aliphatic heterocycles. The number of nitrogens with zero attached hydrogens (tertiary/aromatic N) is 2. The Morgan fingerprint density at radius 3 is 2.45 bits per heavy atom. The number of carbonyl (C=O) groups excluding carboxylic acids is 3. The number of carbonyl (C=O) groups is 3. The van der Waals surface area contributed by atoms with Crippen LogP contribution in [0.3, 0.4) is 0 Å². The summed E-state index contributed by atoms with van der Waals surface area (Å²) in [6.45, 7) is 13.0. The normalized spacial score (nSPS) is 15.9. The highest BCUT2D eigenvalue weighted by molar-refractivity contribution is 6.29. The molecule has 2 heterocycles. The first-order valence-corrected chi connectivity index (χ1v) is 12.6. The molecule has 0 spiro atoms. The number of rotatable bonds is 8. The van der Waals surface area contributed by atoms with Gasteiger partial charge in [0.1, 0.15) is 11.2 Å². The zero-order valence-corrected chi connectivity index (χ0v) is 23.0. The Labute approximate surface area is 223 Å². The summed E-state index contributed by atoms with van der Waals surface area (Å²) < 4.78 is 23.3. The monoisotopic (exact) mass is 527 g/mol. The van der Waals surface area contributed by atoms with Gasteiger partial charge in [-0.15, -0.1) is 0 Å². The van der Waals surface area contributed by atoms with Gasteiger partial charge >= 0.3 is 17.9 Å². The van der Waals surface area contributed by atoms with Crippen molar-refractivity contribution in [1.29, 1.82) is 0 Å². The molecule has 206 valence electrons. The predicted octanol–water partition coefficient (Wildman–Crippen LogP) is 4.75. The van der Waals surface area contributed by atoms with E-state index in [1.165, 1.54) is 7.11 Å². The van der Waals surface area contributed by atoms with Gasteiger partial charge in [0.05, 0.1) is 24.9 Å². The van der Waals surface area contributed by atoms with Crippen LogP contribution in [0.15, 0.2) is 31.0 Å². The zero-order chi connectivity index (χ0) is 28.1. The first kappa shape index (κ1) is 28.9. The minimum absolute atomic E-state index is 0.0926. The van der Waals surface area contributed by atoms with Crippen LogP contribution in [0.5, 0.6) is 0 Å². The Hall–Kier alpha value is -3.66. The largest absolute Gasteiger partial charge is 0.465 e.